The molecule has 3 aromatic rings. The van der Waals surface area contributed by atoms with Crippen LogP contribution in [-0.4, -0.2) is 33.1 Å². The van der Waals surface area contributed by atoms with Crippen LogP contribution in [0.3, 0.4) is 0 Å². The summed E-state index contributed by atoms with van der Waals surface area (Å²) in [5.41, 5.74) is 5.54. The van der Waals surface area contributed by atoms with Crippen molar-refractivity contribution in [1.82, 2.24) is 14.6 Å². The highest BCUT2D eigenvalue weighted by Gasteiger charge is 2.20. The average molecular weight is 488 g/mol. The van der Waals surface area contributed by atoms with Crippen LogP contribution in [0.25, 0.3) is 16.6 Å². The summed E-state index contributed by atoms with van der Waals surface area (Å²) in [5.74, 6) is -0.590. The van der Waals surface area contributed by atoms with Gasteiger partial charge in [-0.2, -0.15) is 5.10 Å². The van der Waals surface area contributed by atoms with Crippen molar-refractivity contribution >= 4 is 33.4 Å². The zero-order chi connectivity index (χ0) is 22.4. The first-order valence-electron chi connectivity index (χ1n) is 10.4. The van der Waals surface area contributed by atoms with Crippen molar-refractivity contribution in [3.05, 3.63) is 52.0 Å². The summed E-state index contributed by atoms with van der Waals surface area (Å²) in [5, 5.41) is 4.81. The molecule has 3 rings (SSSR count). The molecule has 0 spiro atoms. The van der Waals surface area contributed by atoms with Gasteiger partial charge in [0.1, 0.15) is 12.3 Å². The molecule has 0 saturated carbocycles. The third-order valence-electron chi connectivity index (χ3n) is 4.94. The van der Waals surface area contributed by atoms with E-state index in [1.807, 2.05) is 22.8 Å². The van der Waals surface area contributed by atoms with E-state index in [1.165, 1.54) is 6.92 Å². The van der Waals surface area contributed by atoms with E-state index >= 15 is 0 Å². The molecule has 0 radical (unpaired) electrons. The second-order valence-corrected chi connectivity index (χ2v) is 8.02. The van der Waals surface area contributed by atoms with Crippen molar-refractivity contribution < 1.29 is 19.1 Å². The first kappa shape index (κ1) is 22.9. The van der Waals surface area contributed by atoms with Gasteiger partial charge in [0.25, 0.3) is 0 Å². The van der Waals surface area contributed by atoms with Crippen molar-refractivity contribution in [3.63, 3.8) is 0 Å². The van der Waals surface area contributed by atoms with Gasteiger partial charge in [-0.3, -0.25) is 14.6 Å². The van der Waals surface area contributed by atoms with Crippen LogP contribution in [0.4, 0.5) is 0 Å². The van der Waals surface area contributed by atoms with Crippen molar-refractivity contribution in [2.24, 2.45) is 0 Å². The number of esters is 2. The molecule has 31 heavy (non-hydrogen) atoms. The number of pyridine rings is 1. The van der Waals surface area contributed by atoms with Gasteiger partial charge in [0.2, 0.25) is 0 Å². The van der Waals surface area contributed by atoms with E-state index in [4.69, 9.17) is 14.6 Å². The molecule has 0 bridgehead atoms. The van der Waals surface area contributed by atoms with E-state index in [1.54, 1.807) is 13.1 Å². The smallest absolute Gasteiger partial charge is 0.305 e. The first-order chi connectivity index (χ1) is 14.9. The fourth-order valence-electron chi connectivity index (χ4n) is 3.59. The number of fused-ring (bicyclic) bond motifs is 1. The fourth-order valence-corrected chi connectivity index (χ4v) is 3.96. The van der Waals surface area contributed by atoms with Gasteiger partial charge in [0.05, 0.1) is 12.1 Å². The number of aryl methyl sites for hydroxylation is 1. The summed E-state index contributed by atoms with van der Waals surface area (Å²) >= 11 is 3.51. The van der Waals surface area contributed by atoms with Gasteiger partial charge in [-0.05, 0) is 65.9 Å². The molecule has 7 nitrogen and oxygen atoms in total. The van der Waals surface area contributed by atoms with Gasteiger partial charge in [-0.1, -0.05) is 6.92 Å². The minimum absolute atomic E-state index is 0.0653. The second kappa shape index (κ2) is 10.5. The molecule has 164 valence electrons. The lowest BCUT2D eigenvalue weighted by Crippen LogP contribution is -2.12. The number of ether oxygens (including phenoxy) is 2. The van der Waals surface area contributed by atoms with E-state index in [9.17, 15) is 9.59 Å². The van der Waals surface area contributed by atoms with Crippen LogP contribution in [0.2, 0.25) is 0 Å². The average Bonchev–Trinajstić information content (AvgIpc) is 3.14. The summed E-state index contributed by atoms with van der Waals surface area (Å²) in [4.78, 5) is 27.7. The summed E-state index contributed by atoms with van der Waals surface area (Å²) in [6.45, 7) is 5.68. The van der Waals surface area contributed by atoms with Gasteiger partial charge in [-0.15, -0.1) is 0 Å². The lowest BCUT2D eigenvalue weighted by molar-refractivity contribution is -0.143. The number of nitrogens with zero attached hydrogens (tertiary/aromatic N) is 3. The normalized spacial score (nSPS) is 11.0. The maximum Gasteiger partial charge on any atom is 0.305 e. The molecule has 0 aliphatic rings. The molecule has 0 unspecified atom stereocenters. The molecule has 8 heteroatoms. The Morgan fingerprint density at radius 1 is 1.16 bits per heavy atom. The predicted octanol–water partition coefficient (Wildman–Crippen LogP) is 4.67. The van der Waals surface area contributed by atoms with Crippen molar-refractivity contribution in [2.45, 2.75) is 53.1 Å². The van der Waals surface area contributed by atoms with Gasteiger partial charge in [0, 0.05) is 47.0 Å². The minimum Gasteiger partial charge on any atom is -0.466 e. The van der Waals surface area contributed by atoms with E-state index in [0.717, 1.165) is 38.8 Å². The molecule has 0 aromatic carbocycles. The summed E-state index contributed by atoms with van der Waals surface area (Å²) in [7, 11) is 0. The maximum atomic E-state index is 11.9. The Balaban J connectivity index is 2.15. The quantitative estimate of drug-likeness (QED) is 0.407. The molecular formula is C23H26BrN3O4. The van der Waals surface area contributed by atoms with E-state index in [0.29, 0.717) is 31.6 Å². The topological polar surface area (TPSA) is 82.8 Å². The molecule has 0 fully saturated rings. The van der Waals surface area contributed by atoms with Crippen LogP contribution in [0, 0.1) is 0 Å². The van der Waals surface area contributed by atoms with Crippen LogP contribution >= 0.6 is 15.9 Å². The zero-order valence-electron chi connectivity index (χ0n) is 18.0. The number of hydrogen-bond donors (Lipinski definition) is 0. The van der Waals surface area contributed by atoms with Crippen LogP contribution in [0.5, 0.6) is 0 Å². The Bertz CT molecular complexity index is 1090. The third kappa shape index (κ3) is 5.50. The van der Waals surface area contributed by atoms with E-state index in [2.05, 4.69) is 33.9 Å². The molecular weight excluding hydrogens is 462 g/mol. The number of rotatable bonds is 9. The number of carbonyl (C=O) groups is 2. The largest absolute Gasteiger partial charge is 0.466 e. The number of carbonyl (C=O) groups excluding carboxylic acids is 2. The van der Waals surface area contributed by atoms with Crippen molar-refractivity contribution in [2.75, 3.05) is 6.61 Å². The Morgan fingerprint density at radius 2 is 1.97 bits per heavy atom. The molecule has 0 aliphatic carbocycles. The van der Waals surface area contributed by atoms with Crippen LogP contribution in [0.15, 0.2) is 35.1 Å². The van der Waals surface area contributed by atoms with Gasteiger partial charge >= 0.3 is 11.9 Å². The molecule has 0 N–H and O–H groups in total. The second-order valence-electron chi connectivity index (χ2n) is 7.11. The van der Waals surface area contributed by atoms with Gasteiger partial charge < -0.3 is 9.47 Å². The summed E-state index contributed by atoms with van der Waals surface area (Å²) in [6.07, 6.45) is 5.85. The SMILES string of the molecule is CCOC(=O)CCCc1c(COC(C)=O)nn2c(CC)ccc2c1-c1cncc(Br)c1. The standard InChI is InChI=1S/C23H26BrN3O4/c1-4-18-9-10-21-23(16-11-17(24)13-25-12-16)19(7-6-8-22(29)30-5-2)20(26-27(18)21)14-31-15(3)28/h9-13H,4-8,14H2,1-3H3. The molecule has 3 heterocycles. The summed E-state index contributed by atoms with van der Waals surface area (Å²) < 4.78 is 13.1. The molecule has 0 atom stereocenters. The Hall–Kier alpha value is -2.74. The highest BCUT2D eigenvalue weighted by atomic mass is 79.9. The monoisotopic (exact) mass is 487 g/mol. The fraction of sp³-hybridized carbons (Fsp3) is 0.391. The lowest BCUT2D eigenvalue weighted by Gasteiger charge is -2.17. The summed E-state index contributed by atoms with van der Waals surface area (Å²) in [6, 6.07) is 6.10. The lowest BCUT2D eigenvalue weighted by atomic mass is 9.95. The van der Waals surface area contributed by atoms with Gasteiger partial charge in [0.15, 0.2) is 0 Å². The Labute approximate surface area is 189 Å². The minimum atomic E-state index is -0.367. The number of aromatic nitrogens is 3. The van der Waals surface area contributed by atoms with E-state index < -0.39 is 0 Å². The van der Waals surface area contributed by atoms with Crippen molar-refractivity contribution in [3.8, 4) is 11.1 Å². The molecule has 0 saturated heterocycles. The molecule has 3 aromatic heterocycles. The van der Waals surface area contributed by atoms with Crippen LogP contribution in [-0.2, 0) is 38.5 Å². The Kier molecular flexibility index (Phi) is 7.79. The van der Waals surface area contributed by atoms with Crippen LogP contribution < -0.4 is 0 Å². The van der Waals surface area contributed by atoms with Gasteiger partial charge in [-0.25, -0.2) is 4.52 Å². The van der Waals surface area contributed by atoms with E-state index in [-0.39, 0.29) is 18.5 Å². The first-order valence-corrected chi connectivity index (χ1v) is 11.2. The Morgan fingerprint density at radius 3 is 2.65 bits per heavy atom. The predicted molar refractivity (Wildman–Crippen MR) is 121 cm³/mol. The molecule has 0 amide bonds. The highest BCUT2D eigenvalue weighted by Crippen LogP contribution is 2.33. The zero-order valence-corrected chi connectivity index (χ0v) is 19.6. The third-order valence-corrected chi connectivity index (χ3v) is 5.38. The number of halogens is 1. The van der Waals surface area contributed by atoms with Crippen LogP contribution in [0.1, 0.15) is 50.6 Å². The van der Waals surface area contributed by atoms with Crippen molar-refractivity contribution in [1.29, 1.82) is 0 Å². The highest BCUT2D eigenvalue weighted by molar-refractivity contribution is 9.10. The molecule has 0 aliphatic heterocycles. The maximum absolute atomic E-state index is 11.9. The number of hydrogen-bond acceptors (Lipinski definition) is 6.